The van der Waals surface area contributed by atoms with Gasteiger partial charge in [-0.2, -0.15) is 13.2 Å². The first-order chi connectivity index (χ1) is 18.6. The lowest BCUT2D eigenvalue weighted by atomic mass is 9.95. The lowest BCUT2D eigenvalue weighted by Crippen LogP contribution is -2.41. The normalized spacial score (nSPS) is 15.6. The van der Waals surface area contributed by atoms with Gasteiger partial charge < -0.3 is 14.2 Å². The number of carbonyl (C=O) groups excluding carboxylic acids is 1. The standard InChI is InChI=1S/C27H24ClF3N2O5S/c1-4-36-18-12-7-15(13-19(18)37-5-2)14-20-24(34)33-22(16-8-10-17(28)11-9-16)21(25(35)38-6-3)23(27(29,30)31)32-26(33)39-20/h7-14,22H,4-6H2,1-3H3/b20-14-/t22-/m0/s1. The van der Waals surface area contributed by atoms with E-state index < -0.39 is 35.0 Å². The molecule has 12 heteroatoms. The fourth-order valence-corrected chi connectivity index (χ4v) is 5.24. The maximum atomic E-state index is 14.2. The minimum Gasteiger partial charge on any atom is -0.490 e. The molecule has 7 nitrogen and oxygen atoms in total. The van der Waals surface area contributed by atoms with Gasteiger partial charge in [0, 0.05) is 5.02 Å². The number of rotatable bonds is 8. The third kappa shape index (κ3) is 5.89. The van der Waals surface area contributed by atoms with Crippen LogP contribution in [0.15, 0.2) is 63.5 Å². The van der Waals surface area contributed by atoms with Gasteiger partial charge in [0.25, 0.3) is 5.56 Å². The third-order valence-corrected chi connectivity index (χ3v) is 6.88. The van der Waals surface area contributed by atoms with Crippen molar-refractivity contribution in [2.24, 2.45) is 4.99 Å². The number of hydrogen-bond donors (Lipinski definition) is 0. The summed E-state index contributed by atoms with van der Waals surface area (Å²) in [4.78, 5) is 30.1. The maximum absolute atomic E-state index is 14.2. The molecule has 0 N–H and O–H groups in total. The lowest BCUT2D eigenvalue weighted by Gasteiger charge is -2.26. The van der Waals surface area contributed by atoms with Gasteiger partial charge in [-0.05, 0) is 62.2 Å². The van der Waals surface area contributed by atoms with E-state index in [2.05, 4.69) is 4.99 Å². The van der Waals surface area contributed by atoms with E-state index in [0.717, 1.165) is 15.9 Å². The molecule has 4 rings (SSSR count). The van der Waals surface area contributed by atoms with Crippen molar-refractivity contribution in [3.8, 4) is 11.5 Å². The zero-order valence-electron chi connectivity index (χ0n) is 21.2. The average molecular weight is 581 g/mol. The number of thiazole rings is 1. The second-order valence-corrected chi connectivity index (χ2v) is 9.63. The first-order valence-electron chi connectivity index (χ1n) is 12.0. The molecule has 0 unspecified atom stereocenters. The van der Waals surface area contributed by atoms with E-state index in [0.29, 0.717) is 35.3 Å². The topological polar surface area (TPSA) is 79.1 Å². The predicted octanol–water partition coefficient (Wildman–Crippen LogP) is 4.79. The SMILES string of the molecule is CCOC(=O)C1=C(C(F)(F)F)N=c2s/c(=C\c3ccc(OCC)c(OCC)c3)c(=O)n2[C@H]1c1ccc(Cl)cc1. The molecule has 0 radical (unpaired) electrons. The van der Waals surface area contributed by atoms with Crippen molar-refractivity contribution in [2.75, 3.05) is 19.8 Å². The molecule has 0 fully saturated rings. The molecule has 206 valence electrons. The Hall–Kier alpha value is -3.57. The summed E-state index contributed by atoms with van der Waals surface area (Å²) >= 11 is 6.78. The highest BCUT2D eigenvalue weighted by atomic mass is 35.5. The summed E-state index contributed by atoms with van der Waals surface area (Å²) in [5.74, 6) is -0.228. The van der Waals surface area contributed by atoms with Gasteiger partial charge in [-0.1, -0.05) is 41.1 Å². The summed E-state index contributed by atoms with van der Waals surface area (Å²) < 4.78 is 60.0. The molecule has 1 aliphatic heterocycles. The number of ether oxygens (including phenoxy) is 3. The Morgan fingerprint density at radius 3 is 2.33 bits per heavy atom. The fraction of sp³-hybridized carbons (Fsp3) is 0.296. The largest absolute Gasteiger partial charge is 0.490 e. The molecule has 0 saturated heterocycles. The molecule has 0 bridgehead atoms. The number of nitrogens with zero attached hydrogens (tertiary/aromatic N) is 2. The Balaban J connectivity index is 1.98. The molecule has 0 amide bonds. The smallest absolute Gasteiger partial charge is 0.434 e. The highest BCUT2D eigenvalue weighted by Gasteiger charge is 2.45. The van der Waals surface area contributed by atoms with Crippen LogP contribution in [0.3, 0.4) is 0 Å². The van der Waals surface area contributed by atoms with Gasteiger partial charge in [0.2, 0.25) is 0 Å². The molecular weight excluding hydrogens is 557 g/mol. The zero-order chi connectivity index (χ0) is 28.3. The summed E-state index contributed by atoms with van der Waals surface area (Å²) in [6.45, 7) is 5.77. The number of allylic oxidation sites excluding steroid dienone is 1. The molecule has 2 heterocycles. The van der Waals surface area contributed by atoms with E-state index in [9.17, 15) is 22.8 Å². The monoisotopic (exact) mass is 580 g/mol. The summed E-state index contributed by atoms with van der Waals surface area (Å²) in [6.07, 6.45) is -3.45. The summed E-state index contributed by atoms with van der Waals surface area (Å²) in [5.41, 5.74) is -1.99. The van der Waals surface area contributed by atoms with Crippen LogP contribution in [0, 0.1) is 0 Å². The molecule has 1 aliphatic rings. The van der Waals surface area contributed by atoms with Crippen LogP contribution < -0.4 is 24.4 Å². The van der Waals surface area contributed by atoms with Crippen molar-refractivity contribution in [2.45, 2.75) is 33.0 Å². The lowest BCUT2D eigenvalue weighted by molar-refractivity contribution is -0.140. The van der Waals surface area contributed by atoms with Gasteiger partial charge in [-0.15, -0.1) is 0 Å². The van der Waals surface area contributed by atoms with E-state index in [1.807, 2.05) is 13.8 Å². The van der Waals surface area contributed by atoms with Crippen molar-refractivity contribution in [3.63, 3.8) is 0 Å². The van der Waals surface area contributed by atoms with Crippen molar-refractivity contribution in [1.29, 1.82) is 0 Å². The maximum Gasteiger partial charge on any atom is 0.434 e. The van der Waals surface area contributed by atoms with Gasteiger partial charge in [0.05, 0.1) is 36.0 Å². The van der Waals surface area contributed by atoms with E-state index >= 15 is 0 Å². The van der Waals surface area contributed by atoms with Crippen molar-refractivity contribution >= 4 is 35.0 Å². The van der Waals surface area contributed by atoms with Crippen molar-refractivity contribution in [1.82, 2.24) is 4.57 Å². The Morgan fingerprint density at radius 1 is 1.05 bits per heavy atom. The van der Waals surface area contributed by atoms with Crippen molar-refractivity contribution in [3.05, 3.63) is 89.6 Å². The minimum atomic E-state index is -4.98. The zero-order valence-corrected chi connectivity index (χ0v) is 22.7. The van der Waals surface area contributed by atoms with Crippen LogP contribution >= 0.6 is 22.9 Å². The first-order valence-corrected chi connectivity index (χ1v) is 13.2. The second kappa shape index (κ2) is 11.7. The van der Waals surface area contributed by atoms with Crippen LogP contribution in [-0.4, -0.2) is 36.5 Å². The van der Waals surface area contributed by atoms with Gasteiger partial charge in [0.1, 0.15) is 0 Å². The first kappa shape index (κ1) is 28.4. The van der Waals surface area contributed by atoms with Crippen LogP contribution in [0.5, 0.6) is 11.5 Å². The molecule has 3 aromatic rings. The Labute approximate surface area is 230 Å². The van der Waals surface area contributed by atoms with E-state index in [1.165, 1.54) is 37.3 Å². The number of esters is 1. The summed E-state index contributed by atoms with van der Waals surface area (Å²) in [5, 5.41) is 0.337. The number of alkyl halides is 3. The Kier molecular flexibility index (Phi) is 8.51. The van der Waals surface area contributed by atoms with Gasteiger partial charge in [-0.3, -0.25) is 9.36 Å². The summed E-state index contributed by atoms with van der Waals surface area (Å²) in [7, 11) is 0. The van der Waals surface area contributed by atoms with Gasteiger partial charge in [-0.25, -0.2) is 9.79 Å². The molecule has 0 spiro atoms. The highest BCUT2D eigenvalue weighted by Crippen LogP contribution is 2.38. The van der Waals surface area contributed by atoms with Crippen LogP contribution in [0.2, 0.25) is 5.02 Å². The second-order valence-electron chi connectivity index (χ2n) is 8.19. The Morgan fingerprint density at radius 2 is 1.72 bits per heavy atom. The van der Waals surface area contributed by atoms with Crippen LogP contribution in [0.4, 0.5) is 13.2 Å². The quantitative estimate of drug-likeness (QED) is 0.358. The number of benzene rings is 2. The fourth-order valence-electron chi connectivity index (χ4n) is 4.11. The average Bonchev–Trinajstić information content (AvgIpc) is 3.19. The van der Waals surface area contributed by atoms with Gasteiger partial charge in [0.15, 0.2) is 22.0 Å². The molecule has 1 aromatic heterocycles. The molecule has 39 heavy (non-hydrogen) atoms. The highest BCUT2D eigenvalue weighted by molar-refractivity contribution is 7.07. The molecule has 2 aromatic carbocycles. The van der Waals surface area contributed by atoms with Gasteiger partial charge >= 0.3 is 12.1 Å². The van der Waals surface area contributed by atoms with E-state index in [4.69, 9.17) is 25.8 Å². The number of carbonyl (C=O) groups is 1. The van der Waals surface area contributed by atoms with Crippen LogP contribution in [0.25, 0.3) is 6.08 Å². The van der Waals surface area contributed by atoms with E-state index in [-0.39, 0.29) is 21.5 Å². The Bertz CT molecular complexity index is 1590. The number of aromatic nitrogens is 1. The molecule has 1 atom stereocenters. The number of halogens is 4. The van der Waals surface area contributed by atoms with Crippen LogP contribution in [-0.2, 0) is 9.53 Å². The third-order valence-electron chi connectivity index (χ3n) is 5.65. The number of hydrogen-bond acceptors (Lipinski definition) is 7. The predicted molar refractivity (Wildman–Crippen MR) is 141 cm³/mol. The van der Waals surface area contributed by atoms with E-state index in [1.54, 1.807) is 18.2 Å². The molecule has 0 saturated carbocycles. The minimum absolute atomic E-state index is 0.117. The van der Waals surface area contributed by atoms with Crippen molar-refractivity contribution < 1.29 is 32.2 Å². The number of fused-ring (bicyclic) bond motifs is 1. The summed E-state index contributed by atoms with van der Waals surface area (Å²) in [6, 6.07) is 9.50. The molecule has 0 aliphatic carbocycles. The molecular formula is C27H24ClF3N2O5S. The van der Waals surface area contributed by atoms with Crippen LogP contribution in [0.1, 0.15) is 37.9 Å².